The second-order valence-electron chi connectivity index (χ2n) is 7.33. The third kappa shape index (κ3) is 2.16. The fourth-order valence-electron chi connectivity index (χ4n) is 5.26. The molecule has 4 aliphatic carbocycles. The van der Waals surface area contributed by atoms with Crippen LogP contribution in [0.1, 0.15) is 32.1 Å². The van der Waals surface area contributed by atoms with Crippen LogP contribution in [-0.2, 0) is 29.1 Å². The molecule has 136 valence electrons. The van der Waals surface area contributed by atoms with Gasteiger partial charge in [0.25, 0.3) is 0 Å². The quantitative estimate of drug-likeness (QED) is 0.593. The van der Waals surface area contributed by atoms with Crippen LogP contribution in [0.3, 0.4) is 0 Å². The number of ether oxygens (including phenoxy) is 3. The minimum absolute atomic E-state index is 0.0709. The van der Waals surface area contributed by atoms with E-state index in [0.717, 1.165) is 12.8 Å². The highest BCUT2D eigenvalue weighted by Crippen LogP contribution is 2.63. The summed E-state index contributed by atoms with van der Waals surface area (Å²) in [5.74, 6) is -2.88. The second kappa shape index (κ2) is 4.87. The normalized spacial score (nSPS) is 40.2. The largest absolute Gasteiger partial charge is 0.465 e. The van der Waals surface area contributed by atoms with Gasteiger partial charge in [0, 0.05) is 11.8 Å². The summed E-state index contributed by atoms with van der Waals surface area (Å²) in [5.41, 5.74) is -1.14. The lowest BCUT2D eigenvalue weighted by Gasteiger charge is -2.61. The summed E-state index contributed by atoms with van der Waals surface area (Å²) < 4.78 is 73.8. The molecule has 4 saturated carbocycles. The first kappa shape index (κ1) is 16.6. The van der Waals surface area contributed by atoms with Crippen molar-refractivity contribution in [1.82, 2.24) is 0 Å². The molecule has 5 fully saturated rings. The van der Waals surface area contributed by atoms with Gasteiger partial charge in [-0.2, -0.15) is 17.2 Å². The van der Waals surface area contributed by atoms with Gasteiger partial charge >= 0.3 is 21.3 Å². The molecule has 2 unspecified atom stereocenters. The fourth-order valence-corrected chi connectivity index (χ4v) is 5.51. The zero-order valence-electron chi connectivity index (χ0n) is 12.7. The molecule has 1 spiro atoms. The maximum Gasteiger partial charge on any atom is 0.465 e. The molecule has 0 aromatic rings. The van der Waals surface area contributed by atoms with Crippen LogP contribution in [-0.4, -0.2) is 48.8 Å². The summed E-state index contributed by atoms with van der Waals surface area (Å²) in [7, 11) is -5.86. The molecule has 1 N–H and O–H groups in total. The molecule has 0 aromatic heterocycles. The highest BCUT2D eigenvalue weighted by atomic mass is 32.2. The molecule has 1 heterocycles. The highest BCUT2D eigenvalue weighted by molar-refractivity contribution is 7.87. The van der Waals surface area contributed by atoms with E-state index < -0.39 is 32.7 Å². The lowest BCUT2D eigenvalue weighted by molar-refractivity contribution is -0.316. The molecule has 7 nitrogen and oxygen atoms in total. The highest BCUT2D eigenvalue weighted by Gasteiger charge is 2.67. The van der Waals surface area contributed by atoms with Gasteiger partial charge in [-0.05, 0) is 38.0 Å². The van der Waals surface area contributed by atoms with E-state index in [1.807, 2.05) is 0 Å². The van der Waals surface area contributed by atoms with Crippen LogP contribution in [0, 0.1) is 17.8 Å². The van der Waals surface area contributed by atoms with Crippen LogP contribution in [0.5, 0.6) is 0 Å². The van der Waals surface area contributed by atoms with E-state index in [1.54, 1.807) is 0 Å². The molecule has 1 aliphatic heterocycles. The summed E-state index contributed by atoms with van der Waals surface area (Å²) in [6.45, 7) is 0.955. The Morgan fingerprint density at radius 2 is 1.67 bits per heavy atom. The molecule has 0 aromatic carbocycles. The second-order valence-corrected chi connectivity index (χ2v) is 8.79. The third-order valence-electron chi connectivity index (χ3n) is 5.88. The smallest absolute Gasteiger partial charge is 0.454 e. The van der Waals surface area contributed by atoms with Crippen molar-refractivity contribution in [2.75, 3.05) is 13.2 Å². The van der Waals surface area contributed by atoms with Crippen molar-refractivity contribution in [2.24, 2.45) is 17.8 Å². The Bertz CT molecular complexity index is 653. The van der Waals surface area contributed by atoms with E-state index >= 15 is 0 Å². The number of alkyl halides is 2. The fraction of sp³-hybridized carbons (Fsp3) is 0.929. The number of halogens is 2. The molecule has 1 saturated heterocycles. The lowest BCUT2D eigenvalue weighted by Crippen LogP contribution is -2.65. The van der Waals surface area contributed by atoms with Crippen molar-refractivity contribution in [3.63, 3.8) is 0 Å². The van der Waals surface area contributed by atoms with Crippen LogP contribution < -0.4 is 0 Å². The van der Waals surface area contributed by atoms with Gasteiger partial charge in [0.15, 0.2) is 5.79 Å². The average molecular weight is 368 g/mol. The molecule has 2 atom stereocenters. The average Bonchev–Trinajstić information content (AvgIpc) is 2.93. The van der Waals surface area contributed by atoms with E-state index in [9.17, 15) is 22.0 Å². The molecule has 0 radical (unpaired) electrons. The number of esters is 1. The summed E-state index contributed by atoms with van der Waals surface area (Å²) in [5, 5.41) is -4.96. The summed E-state index contributed by atoms with van der Waals surface area (Å²) in [4.78, 5) is 11.7. The van der Waals surface area contributed by atoms with Crippen molar-refractivity contribution in [3.05, 3.63) is 0 Å². The van der Waals surface area contributed by atoms with Gasteiger partial charge < -0.3 is 14.2 Å². The molecule has 0 amide bonds. The number of hydrogen-bond acceptors (Lipinski definition) is 6. The molecule has 4 bridgehead atoms. The molecular weight excluding hydrogens is 350 g/mol. The van der Waals surface area contributed by atoms with Crippen LogP contribution in [0.4, 0.5) is 8.78 Å². The molecule has 24 heavy (non-hydrogen) atoms. The standard InChI is InChI=1S/C14H18F2O7S/c15-14(16,24(18,19)20)11(17)23-12-5-8-3-9(6-12)13(10(4-8)7-12)21-1-2-22-13/h8-10H,1-7H2,(H,18,19,20). The first-order valence-electron chi connectivity index (χ1n) is 7.94. The maximum atomic E-state index is 13.5. The Morgan fingerprint density at radius 3 is 2.17 bits per heavy atom. The number of carbonyl (C=O) groups excluding carboxylic acids is 1. The Labute approximate surface area is 137 Å². The minimum atomic E-state index is -5.86. The van der Waals surface area contributed by atoms with Gasteiger partial charge in [0.2, 0.25) is 0 Å². The van der Waals surface area contributed by atoms with E-state index in [0.29, 0.717) is 32.5 Å². The van der Waals surface area contributed by atoms with E-state index in [1.165, 1.54) is 0 Å². The minimum Gasteiger partial charge on any atom is -0.454 e. The van der Waals surface area contributed by atoms with Gasteiger partial charge in [-0.15, -0.1) is 0 Å². The first-order valence-corrected chi connectivity index (χ1v) is 9.38. The lowest BCUT2D eigenvalue weighted by atomic mass is 9.51. The first-order chi connectivity index (χ1) is 11.1. The van der Waals surface area contributed by atoms with Gasteiger partial charge in [0.1, 0.15) is 5.60 Å². The maximum absolute atomic E-state index is 13.5. The summed E-state index contributed by atoms with van der Waals surface area (Å²) in [6.07, 6.45) is 2.64. The van der Waals surface area contributed by atoms with Gasteiger partial charge in [-0.3, -0.25) is 4.55 Å². The Kier molecular flexibility index (Phi) is 3.37. The van der Waals surface area contributed by atoms with Crippen LogP contribution >= 0.6 is 0 Å². The van der Waals surface area contributed by atoms with Crippen molar-refractivity contribution in [2.45, 2.75) is 48.7 Å². The SMILES string of the molecule is O=C(OC12CC3CC(C1)C1(OCCO1)C(C3)C2)C(F)(F)S(=O)(=O)O. The topological polar surface area (TPSA) is 99.1 Å². The van der Waals surface area contributed by atoms with Gasteiger partial charge in [-0.1, -0.05) is 0 Å². The molecule has 5 aliphatic rings. The summed E-state index contributed by atoms with van der Waals surface area (Å²) >= 11 is 0. The zero-order valence-corrected chi connectivity index (χ0v) is 13.6. The van der Waals surface area contributed by atoms with Crippen molar-refractivity contribution < 1.29 is 40.8 Å². The van der Waals surface area contributed by atoms with Crippen molar-refractivity contribution >= 4 is 16.1 Å². The molecule has 10 heteroatoms. The predicted molar refractivity (Wildman–Crippen MR) is 73.5 cm³/mol. The van der Waals surface area contributed by atoms with E-state index in [4.69, 9.17) is 18.8 Å². The van der Waals surface area contributed by atoms with E-state index in [2.05, 4.69) is 0 Å². The molecular formula is C14H18F2O7S. The number of hydrogen-bond donors (Lipinski definition) is 1. The van der Waals surface area contributed by atoms with Crippen LogP contribution in [0.25, 0.3) is 0 Å². The summed E-state index contributed by atoms with van der Waals surface area (Å²) in [6, 6.07) is 0. The number of carbonyl (C=O) groups is 1. The Balaban J connectivity index is 1.59. The van der Waals surface area contributed by atoms with Crippen molar-refractivity contribution in [1.29, 1.82) is 0 Å². The predicted octanol–water partition coefficient (Wildman–Crippen LogP) is 1.33. The Morgan fingerprint density at radius 1 is 1.12 bits per heavy atom. The molecule has 5 rings (SSSR count). The number of rotatable bonds is 3. The monoisotopic (exact) mass is 368 g/mol. The Hall–Kier alpha value is -0.840. The third-order valence-corrected chi connectivity index (χ3v) is 6.70. The van der Waals surface area contributed by atoms with E-state index in [-0.39, 0.29) is 17.8 Å². The van der Waals surface area contributed by atoms with Crippen LogP contribution in [0.15, 0.2) is 0 Å². The van der Waals surface area contributed by atoms with Crippen LogP contribution in [0.2, 0.25) is 0 Å². The van der Waals surface area contributed by atoms with Gasteiger partial charge in [0.05, 0.1) is 13.2 Å². The zero-order chi connectivity index (χ0) is 17.4. The van der Waals surface area contributed by atoms with Crippen molar-refractivity contribution in [3.8, 4) is 0 Å². The van der Waals surface area contributed by atoms with Gasteiger partial charge in [-0.25, -0.2) is 4.79 Å².